The van der Waals surface area contributed by atoms with Gasteiger partial charge in [-0.25, -0.2) is 0 Å². The highest BCUT2D eigenvalue weighted by Gasteiger charge is 2.25. The van der Waals surface area contributed by atoms with Gasteiger partial charge in [-0.3, -0.25) is 4.79 Å². The number of hydrogen-bond donors (Lipinski definition) is 1. The summed E-state index contributed by atoms with van der Waals surface area (Å²) in [6, 6.07) is 12.4. The minimum Gasteiger partial charge on any atom is -0.493 e. The number of hydrogen-bond acceptors (Lipinski definition) is 6. The molecule has 0 fully saturated rings. The van der Waals surface area contributed by atoms with Crippen molar-refractivity contribution in [1.29, 1.82) is 0 Å². The molecule has 0 aromatic heterocycles. The van der Waals surface area contributed by atoms with Gasteiger partial charge in [-0.1, -0.05) is 28.9 Å². The zero-order valence-corrected chi connectivity index (χ0v) is 21.9. The number of aryl methyl sites for hydroxylation is 3. The van der Waals surface area contributed by atoms with Gasteiger partial charge >= 0.3 is 0 Å². The van der Waals surface area contributed by atoms with Gasteiger partial charge in [0.2, 0.25) is 5.91 Å². The zero-order valence-electron chi connectivity index (χ0n) is 21.9. The normalized spacial score (nSPS) is 14.1. The number of nitrogens with one attached hydrogen (secondary N) is 1. The van der Waals surface area contributed by atoms with Crippen LogP contribution < -0.4 is 14.8 Å². The third-order valence-corrected chi connectivity index (χ3v) is 6.23. The number of fused-ring (bicyclic) bond motifs is 1. The molecule has 0 unspecified atom stereocenters. The fourth-order valence-corrected chi connectivity index (χ4v) is 4.41. The lowest BCUT2D eigenvalue weighted by molar-refractivity contribution is -0.121. The van der Waals surface area contributed by atoms with E-state index in [1.165, 1.54) is 16.7 Å². The molecule has 0 radical (unpaired) electrons. The van der Waals surface area contributed by atoms with Crippen LogP contribution in [0.3, 0.4) is 0 Å². The van der Waals surface area contributed by atoms with Crippen molar-refractivity contribution in [2.24, 2.45) is 5.11 Å². The van der Waals surface area contributed by atoms with E-state index in [1.54, 1.807) is 0 Å². The number of azide groups is 1. The molecule has 200 valence electrons. The maximum absolute atomic E-state index is 12.4. The highest BCUT2D eigenvalue weighted by Crippen LogP contribution is 2.37. The van der Waals surface area contributed by atoms with Crippen LogP contribution in [0.25, 0.3) is 10.4 Å². The van der Waals surface area contributed by atoms with Crippen molar-refractivity contribution >= 4 is 5.91 Å². The van der Waals surface area contributed by atoms with Crippen LogP contribution in [0.15, 0.2) is 41.5 Å². The average molecular weight is 511 g/mol. The maximum Gasteiger partial charge on any atom is 0.220 e. The Balaban J connectivity index is 1.28. The Morgan fingerprint density at radius 1 is 1.03 bits per heavy atom. The van der Waals surface area contributed by atoms with Gasteiger partial charge in [0.05, 0.1) is 39.6 Å². The Hall–Kier alpha value is -3.26. The topological polar surface area (TPSA) is 115 Å². The van der Waals surface area contributed by atoms with Gasteiger partial charge in [0.15, 0.2) is 0 Å². The van der Waals surface area contributed by atoms with E-state index in [-0.39, 0.29) is 11.8 Å². The van der Waals surface area contributed by atoms with E-state index in [0.717, 1.165) is 36.3 Å². The summed E-state index contributed by atoms with van der Waals surface area (Å²) < 4.78 is 22.5. The van der Waals surface area contributed by atoms with Crippen molar-refractivity contribution in [3.05, 3.63) is 69.1 Å². The number of carbonyl (C=O) groups is 1. The van der Waals surface area contributed by atoms with E-state index in [0.29, 0.717) is 59.2 Å². The number of amides is 1. The molecule has 0 aliphatic heterocycles. The van der Waals surface area contributed by atoms with Crippen molar-refractivity contribution in [2.45, 2.75) is 45.4 Å². The molecule has 0 saturated carbocycles. The van der Waals surface area contributed by atoms with Crippen LogP contribution in [0, 0.1) is 13.8 Å². The van der Waals surface area contributed by atoms with Gasteiger partial charge in [-0.05, 0) is 73.0 Å². The highest BCUT2D eigenvalue weighted by molar-refractivity contribution is 5.77. The SMILES string of the molecule is Cc1ccc(OCCCOc2ccc3c(c2)CC[C@H]3CC(=O)NCCOCCOCCN=[N+]=[N-])c(C)c1. The molecular weight excluding hydrogens is 472 g/mol. The molecule has 3 rings (SSSR count). The van der Waals surface area contributed by atoms with E-state index in [9.17, 15) is 4.79 Å². The standard InChI is InChI=1S/C28H38N4O5/c1-21-4-9-27(22(2)18-21)37-13-3-12-36-25-7-8-26-23(19-25)5-6-24(26)20-28(33)30-10-14-34-16-17-35-15-11-31-32-29/h4,7-9,18-19,24H,3,5-6,10-17,20H2,1-2H3,(H,30,33)/t24-/m0/s1. The van der Waals surface area contributed by atoms with Gasteiger partial charge in [-0.2, -0.15) is 0 Å². The third kappa shape index (κ3) is 9.96. The van der Waals surface area contributed by atoms with Crippen LogP contribution in [-0.2, 0) is 20.7 Å². The first-order valence-corrected chi connectivity index (χ1v) is 13.0. The summed E-state index contributed by atoms with van der Waals surface area (Å²) in [5.41, 5.74) is 13.1. The smallest absolute Gasteiger partial charge is 0.220 e. The third-order valence-electron chi connectivity index (χ3n) is 6.23. The Morgan fingerprint density at radius 3 is 2.65 bits per heavy atom. The molecule has 37 heavy (non-hydrogen) atoms. The van der Waals surface area contributed by atoms with E-state index >= 15 is 0 Å². The molecule has 2 aromatic rings. The quantitative estimate of drug-likeness (QED) is 0.139. The Kier molecular flexibility index (Phi) is 12.1. The van der Waals surface area contributed by atoms with E-state index in [1.807, 2.05) is 12.1 Å². The minimum absolute atomic E-state index is 0.0382. The van der Waals surface area contributed by atoms with Crippen molar-refractivity contribution < 1.29 is 23.7 Å². The number of carbonyl (C=O) groups excluding carboxylic acids is 1. The van der Waals surface area contributed by atoms with Crippen molar-refractivity contribution in [2.75, 3.05) is 52.7 Å². The molecule has 9 nitrogen and oxygen atoms in total. The van der Waals surface area contributed by atoms with Gasteiger partial charge in [0.25, 0.3) is 0 Å². The second-order valence-electron chi connectivity index (χ2n) is 9.15. The number of rotatable bonds is 17. The molecule has 2 aromatic carbocycles. The number of benzene rings is 2. The molecule has 0 bridgehead atoms. The average Bonchev–Trinajstić information content (AvgIpc) is 3.28. The molecule has 1 aliphatic rings. The van der Waals surface area contributed by atoms with Gasteiger partial charge < -0.3 is 24.3 Å². The van der Waals surface area contributed by atoms with Crippen LogP contribution >= 0.6 is 0 Å². The molecule has 0 saturated heterocycles. The summed E-state index contributed by atoms with van der Waals surface area (Å²) in [4.78, 5) is 15.0. The van der Waals surface area contributed by atoms with Crippen LogP contribution in [0.2, 0.25) is 0 Å². The first-order chi connectivity index (χ1) is 18.1. The lowest BCUT2D eigenvalue weighted by atomic mass is 9.97. The summed E-state index contributed by atoms with van der Waals surface area (Å²) in [7, 11) is 0. The molecule has 1 aliphatic carbocycles. The second kappa shape index (κ2) is 15.8. The van der Waals surface area contributed by atoms with Crippen molar-refractivity contribution in [3.63, 3.8) is 0 Å². The van der Waals surface area contributed by atoms with Crippen LogP contribution in [-0.4, -0.2) is 58.6 Å². The number of nitrogens with zero attached hydrogens (tertiary/aromatic N) is 3. The molecule has 0 spiro atoms. The van der Waals surface area contributed by atoms with Gasteiger partial charge in [-0.15, -0.1) is 0 Å². The molecule has 0 heterocycles. The number of ether oxygens (including phenoxy) is 4. The summed E-state index contributed by atoms with van der Waals surface area (Å²) in [5, 5.41) is 6.32. The van der Waals surface area contributed by atoms with E-state index in [4.69, 9.17) is 24.5 Å². The van der Waals surface area contributed by atoms with Crippen LogP contribution in [0.4, 0.5) is 0 Å². The zero-order chi connectivity index (χ0) is 26.3. The second-order valence-corrected chi connectivity index (χ2v) is 9.15. The summed E-state index contributed by atoms with van der Waals surface area (Å²) in [6.45, 7) is 7.82. The van der Waals surface area contributed by atoms with E-state index < -0.39 is 0 Å². The Labute approximate surface area is 219 Å². The summed E-state index contributed by atoms with van der Waals surface area (Å²) in [5.74, 6) is 2.07. The van der Waals surface area contributed by atoms with Crippen LogP contribution in [0.5, 0.6) is 11.5 Å². The largest absolute Gasteiger partial charge is 0.493 e. The molecular formula is C28H38N4O5. The van der Waals surface area contributed by atoms with Gasteiger partial charge in [0, 0.05) is 30.8 Å². The molecule has 1 N–H and O–H groups in total. The first kappa shape index (κ1) is 28.3. The first-order valence-electron chi connectivity index (χ1n) is 13.0. The molecule has 9 heteroatoms. The summed E-state index contributed by atoms with van der Waals surface area (Å²) in [6.07, 6.45) is 3.22. The molecule has 1 atom stereocenters. The Bertz CT molecular complexity index is 1050. The predicted molar refractivity (Wildman–Crippen MR) is 142 cm³/mol. The fourth-order valence-electron chi connectivity index (χ4n) is 4.41. The highest BCUT2D eigenvalue weighted by atomic mass is 16.5. The van der Waals surface area contributed by atoms with Crippen LogP contribution in [0.1, 0.15) is 47.4 Å². The van der Waals surface area contributed by atoms with Crippen molar-refractivity contribution in [1.82, 2.24) is 5.32 Å². The Morgan fingerprint density at radius 2 is 1.84 bits per heavy atom. The predicted octanol–water partition coefficient (Wildman–Crippen LogP) is 5.03. The minimum atomic E-state index is 0.0382. The lowest BCUT2D eigenvalue weighted by Gasteiger charge is -2.13. The van der Waals surface area contributed by atoms with Gasteiger partial charge in [0.1, 0.15) is 11.5 Å². The summed E-state index contributed by atoms with van der Waals surface area (Å²) >= 11 is 0. The monoisotopic (exact) mass is 510 g/mol. The lowest BCUT2D eigenvalue weighted by Crippen LogP contribution is -2.28. The van der Waals surface area contributed by atoms with E-state index in [2.05, 4.69) is 53.5 Å². The fraction of sp³-hybridized carbons (Fsp3) is 0.536. The molecule has 1 amide bonds. The maximum atomic E-state index is 12.4. The van der Waals surface area contributed by atoms with Crippen molar-refractivity contribution in [3.8, 4) is 11.5 Å².